The summed E-state index contributed by atoms with van der Waals surface area (Å²) in [5.41, 5.74) is 3.32. The van der Waals surface area contributed by atoms with Gasteiger partial charge in [-0.2, -0.15) is 0 Å². The van der Waals surface area contributed by atoms with Crippen LogP contribution in [-0.4, -0.2) is 71.1 Å². The Morgan fingerprint density at radius 1 is 0.833 bits per heavy atom. The van der Waals surface area contributed by atoms with Gasteiger partial charge in [-0.3, -0.25) is 9.59 Å². The smallest absolute Gasteiger partial charge is 0.408 e. The Hall–Kier alpha value is -4.87. The lowest BCUT2D eigenvalue weighted by molar-refractivity contribution is -0.139. The number of hydrogen-bond acceptors (Lipinski definition) is 7. The van der Waals surface area contributed by atoms with Gasteiger partial charge in [-0.05, 0) is 55.9 Å². The summed E-state index contributed by atoms with van der Waals surface area (Å²) in [6, 6.07) is 13.1. The number of amides is 3. The highest BCUT2D eigenvalue weighted by atomic mass is 16.6. The van der Waals surface area contributed by atoms with Crippen molar-refractivity contribution in [1.82, 2.24) is 16.0 Å². The standard InChI is InChI=1S/C30H35N3O9/c1-30(2,3)42-29(40)33-24(27(37)38)15-9-8-14-23(26(36)31-16-25(34)35)32-28(39)41-17-22-20-12-6-4-10-18(20)19-11-5-7-13-21(19)22/h4-13,22-24H,14-17H2,1-3H3,(H,31,36)(H,32,39)(H,33,40)(H,34,35)(H,37,38)/t23-,24?/m0/s1. The quantitative estimate of drug-likeness (QED) is 0.235. The third-order valence-electron chi connectivity index (χ3n) is 6.27. The first-order valence-electron chi connectivity index (χ1n) is 13.3. The minimum atomic E-state index is -1.30. The number of fused-ring (bicyclic) bond motifs is 3. The van der Waals surface area contributed by atoms with Gasteiger partial charge in [0.1, 0.15) is 30.8 Å². The second-order valence-electron chi connectivity index (χ2n) is 10.6. The third-order valence-corrected chi connectivity index (χ3v) is 6.27. The van der Waals surface area contributed by atoms with Gasteiger partial charge in [0.05, 0.1) is 0 Å². The first-order chi connectivity index (χ1) is 19.9. The van der Waals surface area contributed by atoms with Gasteiger partial charge in [0.25, 0.3) is 0 Å². The molecule has 0 bridgehead atoms. The Morgan fingerprint density at radius 2 is 1.36 bits per heavy atom. The molecule has 224 valence electrons. The van der Waals surface area contributed by atoms with E-state index < -0.39 is 54.3 Å². The predicted octanol–water partition coefficient (Wildman–Crippen LogP) is 3.41. The fourth-order valence-corrected chi connectivity index (χ4v) is 4.44. The molecular formula is C30H35N3O9. The Morgan fingerprint density at radius 3 is 1.88 bits per heavy atom. The molecule has 1 aliphatic carbocycles. The molecule has 12 heteroatoms. The normalized spacial score (nSPS) is 13.8. The SMILES string of the molecule is CC(C)(C)OC(=O)NC(CC=CC[C@H](NC(=O)OCC1c2ccccc2-c2ccccc21)C(=O)NCC(=O)O)C(=O)O. The maximum atomic E-state index is 12.7. The fourth-order valence-electron chi connectivity index (χ4n) is 4.44. The molecule has 5 N–H and O–H groups in total. The van der Waals surface area contributed by atoms with E-state index in [1.165, 1.54) is 12.2 Å². The molecule has 1 aliphatic rings. The highest BCUT2D eigenvalue weighted by molar-refractivity contribution is 5.88. The lowest BCUT2D eigenvalue weighted by Crippen LogP contribution is -2.48. The van der Waals surface area contributed by atoms with Crippen LogP contribution in [0.1, 0.15) is 50.7 Å². The fraction of sp³-hybridized carbons (Fsp3) is 0.367. The summed E-state index contributed by atoms with van der Waals surface area (Å²) in [5, 5.41) is 25.3. The lowest BCUT2D eigenvalue weighted by Gasteiger charge is -2.21. The van der Waals surface area contributed by atoms with Crippen LogP contribution in [0.25, 0.3) is 11.1 Å². The summed E-state index contributed by atoms with van der Waals surface area (Å²) in [6.45, 7) is 4.27. The average molecular weight is 582 g/mol. The summed E-state index contributed by atoms with van der Waals surface area (Å²) in [5.74, 6) is -3.53. The van der Waals surface area contributed by atoms with E-state index in [1.54, 1.807) is 20.8 Å². The van der Waals surface area contributed by atoms with Gasteiger partial charge in [0.15, 0.2) is 0 Å². The van der Waals surface area contributed by atoms with Crippen molar-refractivity contribution in [2.45, 2.75) is 57.2 Å². The van der Waals surface area contributed by atoms with Crippen LogP contribution < -0.4 is 16.0 Å². The van der Waals surface area contributed by atoms with Crippen molar-refractivity contribution in [1.29, 1.82) is 0 Å². The van der Waals surface area contributed by atoms with Crippen molar-refractivity contribution in [3.8, 4) is 11.1 Å². The van der Waals surface area contributed by atoms with Crippen LogP contribution in [0.3, 0.4) is 0 Å². The minimum absolute atomic E-state index is 0.00971. The number of ether oxygens (including phenoxy) is 2. The Balaban J connectivity index is 1.62. The molecule has 2 aromatic rings. The van der Waals surface area contributed by atoms with Gasteiger partial charge in [0.2, 0.25) is 5.91 Å². The molecule has 12 nitrogen and oxygen atoms in total. The van der Waals surface area contributed by atoms with E-state index in [9.17, 15) is 29.1 Å². The molecule has 42 heavy (non-hydrogen) atoms. The van der Waals surface area contributed by atoms with Crippen LogP contribution >= 0.6 is 0 Å². The largest absolute Gasteiger partial charge is 0.480 e. The highest BCUT2D eigenvalue weighted by Crippen LogP contribution is 2.44. The molecule has 0 aliphatic heterocycles. The number of hydrogen-bond donors (Lipinski definition) is 5. The predicted molar refractivity (Wildman–Crippen MR) is 152 cm³/mol. The molecule has 0 fully saturated rings. The highest BCUT2D eigenvalue weighted by Gasteiger charge is 2.30. The molecule has 0 saturated carbocycles. The summed E-state index contributed by atoms with van der Waals surface area (Å²) >= 11 is 0. The van der Waals surface area contributed by atoms with Crippen LogP contribution in [0, 0.1) is 0 Å². The van der Waals surface area contributed by atoms with E-state index in [2.05, 4.69) is 16.0 Å². The van der Waals surface area contributed by atoms with E-state index >= 15 is 0 Å². The molecule has 1 unspecified atom stereocenters. The zero-order chi connectivity index (χ0) is 30.9. The van der Waals surface area contributed by atoms with Crippen LogP contribution in [0.5, 0.6) is 0 Å². The molecule has 0 saturated heterocycles. The molecule has 0 spiro atoms. The third kappa shape index (κ3) is 9.08. The van der Waals surface area contributed by atoms with Gasteiger partial charge >= 0.3 is 24.1 Å². The second-order valence-corrected chi connectivity index (χ2v) is 10.6. The Bertz CT molecular complexity index is 1300. The maximum Gasteiger partial charge on any atom is 0.408 e. The molecule has 0 aromatic heterocycles. The molecule has 2 aromatic carbocycles. The number of carbonyl (C=O) groups is 5. The number of rotatable bonds is 12. The summed E-state index contributed by atoms with van der Waals surface area (Å²) in [7, 11) is 0. The molecule has 2 atom stereocenters. The molecule has 0 heterocycles. The molecule has 3 rings (SSSR count). The summed E-state index contributed by atoms with van der Waals surface area (Å²) in [6.07, 6.45) is 0.855. The van der Waals surface area contributed by atoms with Crippen molar-refractivity contribution < 1.29 is 43.7 Å². The van der Waals surface area contributed by atoms with Crippen molar-refractivity contribution in [2.24, 2.45) is 0 Å². The van der Waals surface area contributed by atoms with E-state index in [-0.39, 0.29) is 25.4 Å². The van der Waals surface area contributed by atoms with Crippen molar-refractivity contribution in [3.05, 3.63) is 71.8 Å². The Kier molecular flexibility index (Phi) is 10.7. The van der Waals surface area contributed by atoms with Gasteiger partial charge in [-0.1, -0.05) is 60.7 Å². The van der Waals surface area contributed by atoms with E-state index in [0.29, 0.717) is 0 Å². The number of alkyl carbamates (subject to hydrolysis) is 2. The Labute approximate surface area is 243 Å². The van der Waals surface area contributed by atoms with Gasteiger partial charge < -0.3 is 35.6 Å². The first-order valence-corrected chi connectivity index (χ1v) is 13.3. The molecule has 3 amide bonds. The van der Waals surface area contributed by atoms with E-state index in [1.807, 2.05) is 48.5 Å². The van der Waals surface area contributed by atoms with E-state index in [4.69, 9.17) is 14.6 Å². The number of benzene rings is 2. The lowest BCUT2D eigenvalue weighted by atomic mass is 9.98. The minimum Gasteiger partial charge on any atom is -0.480 e. The maximum absolute atomic E-state index is 12.7. The monoisotopic (exact) mass is 581 g/mol. The van der Waals surface area contributed by atoms with Crippen molar-refractivity contribution >= 4 is 30.0 Å². The zero-order valence-corrected chi connectivity index (χ0v) is 23.6. The van der Waals surface area contributed by atoms with Gasteiger partial charge in [0, 0.05) is 5.92 Å². The molecular weight excluding hydrogens is 546 g/mol. The topological polar surface area (TPSA) is 180 Å². The van der Waals surface area contributed by atoms with Gasteiger partial charge in [-0.25, -0.2) is 14.4 Å². The number of carboxylic acids is 2. The second kappa shape index (κ2) is 14.2. The van der Waals surface area contributed by atoms with Crippen LogP contribution in [-0.2, 0) is 23.9 Å². The van der Waals surface area contributed by atoms with Crippen LogP contribution in [0.2, 0.25) is 0 Å². The van der Waals surface area contributed by atoms with Crippen molar-refractivity contribution in [3.63, 3.8) is 0 Å². The number of carbonyl (C=O) groups excluding carboxylic acids is 3. The van der Waals surface area contributed by atoms with Crippen LogP contribution in [0.15, 0.2) is 60.7 Å². The summed E-state index contributed by atoms with van der Waals surface area (Å²) < 4.78 is 10.6. The summed E-state index contributed by atoms with van der Waals surface area (Å²) in [4.78, 5) is 59.9. The average Bonchev–Trinajstić information content (AvgIpc) is 3.24. The van der Waals surface area contributed by atoms with Gasteiger partial charge in [-0.15, -0.1) is 0 Å². The van der Waals surface area contributed by atoms with E-state index in [0.717, 1.165) is 22.3 Å². The number of aliphatic carboxylic acids is 2. The zero-order valence-electron chi connectivity index (χ0n) is 23.6. The molecule has 0 radical (unpaired) electrons. The first kappa shape index (κ1) is 31.7. The van der Waals surface area contributed by atoms with Crippen molar-refractivity contribution in [2.75, 3.05) is 13.2 Å². The number of nitrogens with one attached hydrogen (secondary N) is 3. The number of carboxylic acid groups (broad SMARTS) is 2. The van der Waals surface area contributed by atoms with Crippen LogP contribution in [0.4, 0.5) is 9.59 Å².